The molecular weight excluding hydrogens is 1880 g/mol. The number of primary amides is 5. The van der Waals surface area contributed by atoms with E-state index in [2.05, 4.69) is 49.8 Å². The monoisotopic (exact) mass is 1970 g/mol. The molecule has 0 bridgehead atoms. The van der Waals surface area contributed by atoms with Crippen LogP contribution in [-0.2, 0) is 94.4 Å². The first-order chi connectivity index (χ1) is 70.4. The van der Waals surface area contributed by atoms with Crippen molar-refractivity contribution in [2.45, 2.75) is 101 Å². The molecule has 0 aliphatic carbocycles. The van der Waals surface area contributed by atoms with Crippen LogP contribution in [0.4, 0.5) is 57.5 Å². The van der Waals surface area contributed by atoms with Gasteiger partial charge < -0.3 is 28.7 Å². The van der Waals surface area contributed by atoms with Crippen LogP contribution in [-0.4, -0.2) is 134 Å². The van der Waals surface area contributed by atoms with E-state index in [0.29, 0.717) is 109 Å². The standard InChI is InChI=1S/5C21H18N4O2.4CO2/c4*1-12-3-7-14(8-4-12)20-23-18(19(22)27)16-11-17(26)25(21(16)24-20)15-9-5-13(2)6-10-15;1-12-7-9-14(10-8-12)20-23-18(19(22)27)15-11-17(26)25(21(15)24-20)16-6-4-3-5-13(16)2;4*2-1-3/h5*3-10H,11H2,1-2H3,(H2,22,27);;;;. The van der Waals surface area contributed by atoms with Gasteiger partial charge in [0.2, 0.25) is 29.5 Å². The third-order valence-corrected chi connectivity index (χ3v) is 23.1. The Bertz CT molecular complexity index is 7060. The molecule has 5 aliphatic heterocycles. The molecule has 20 rings (SSSR count). The highest BCUT2D eigenvalue weighted by molar-refractivity contribution is 6.14. The van der Waals surface area contributed by atoms with Crippen molar-refractivity contribution in [1.82, 2.24) is 49.8 Å². The number of hydrogen-bond donors (Lipinski definition) is 5. The lowest BCUT2D eigenvalue weighted by atomic mass is 10.1. The zero-order valence-electron chi connectivity index (χ0n) is 80.6. The quantitative estimate of drug-likeness (QED) is 0.0636. The molecular formula is C109H90N20O18. The molecule has 0 spiro atoms. The highest BCUT2D eigenvalue weighted by atomic mass is 16.2. The van der Waals surface area contributed by atoms with Gasteiger partial charge in [-0.05, 0) is 129 Å². The summed E-state index contributed by atoms with van der Waals surface area (Å²) in [6, 6.07) is 76.2. The molecule has 0 unspecified atom stereocenters. The molecule has 734 valence electrons. The molecule has 10 aromatic carbocycles. The minimum Gasteiger partial charge on any atom is -0.364 e. The van der Waals surface area contributed by atoms with E-state index in [1.165, 1.54) is 19.6 Å². The lowest BCUT2D eigenvalue weighted by Gasteiger charge is -2.19. The summed E-state index contributed by atoms with van der Waals surface area (Å²) in [5, 5.41) is 0. The lowest BCUT2D eigenvalue weighted by Crippen LogP contribution is -2.22. The van der Waals surface area contributed by atoms with Crippen LogP contribution < -0.4 is 53.2 Å². The van der Waals surface area contributed by atoms with Crippen LogP contribution >= 0.6 is 0 Å². The predicted octanol–water partition coefficient (Wildman–Crippen LogP) is 13.1. The van der Waals surface area contributed by atoms with Crippen LogP contribution in [0.3, 0.4) is 0 Å². The molecule has 38 nitrogen and oxygen atoms in total. The number of carbonyl (C=O) groups is 10. The summed E-state index contributed by atoms with van der Waals surface area (Å²) < 4.78 is 0. The van der Waals surface area contributed by atoms with Crippen molar-refractivity contribution in [1.29, 1.82) is 0 Å². The lowest BCUT2D eigenvalue weighted by molar-refractivity contribution is -0.193. The molecule has 0 saturated heterocycles. The van der Waals surface area contributed by atoms with E-state index in [1.54, 1.807) is 4.90 Å². The Balaban J connectivity index is 0.000000159. The maximum atomic E-state index is 12.8. The molecule has 15 aromatic rings. The Labute approximate surface area is 838 Å². The normalized spacial score (nSPS) is 12.1. The van der Waals surface area contributed by atoms with Crippen molar-refractivity contribution in [2.75, 3.05) is 24.5 Å². The first-order valence-corrected chi connectivity index (χ1v) is 44.7. The minimum absolute atomic E-state index is 0.0513. The minimum atomic E-state index is -0.666. The summed E-state index contributed by atoms with van der Waals surface area (Å²) >= 11 is 0. The SMILES string of the molecule is Cc1ccc(-c2nc(C(N)=O)c3c(n2)N(c2ccc(C)cc2)C(=O)C3)cc1.Cc1ccc(-c2nc(C(N)=O)c3c(n2)N(c2ccc(C)cc2)C(=O)C3)cc1.Cc1ccc(-c2nc(C(N)=O)c3c(n2)N(c2ccc(C)cc2)C(=O)C3)cc1.Cc1ccc(-c2nc(C(N)=O)c3c(n2)N(c2ccc(C)cc2)C(=O)C3)cc1.Cc1ccc(-c2nc(C(N)=O)c3c(n2)N(c2ccccc2C)C(=O)C3)cc1.O=C=O.O=C=O.O=C=O.O=C=O. The number of benzene rings is 10. The summed E-state index contributed by atoms with van der Waals surface area (Å²) in [5.74, 6) is -0.174. The molecule has 10 N–H and O–H groups in total. The molecule has 0 atom stereocenters. The number of amides is 10. The van der Waals surface area contributed by atoms with Crippen molar-refractivity contribution in [3.8, 4) is 56.9 Å². The highest BCUT2D eigenvalue weighted by Crippen LogP contribution is 2.44. The van der Waals surface area contributed by atoms with Gasteiger partial charge in [0.1, 0.15) is 57.6 Å². The maximum Gasteiger partial charge on any atom is 0.373 e. The largest absolute Gasteiger partial charge is 0.373 e. The number of aryl methyl sites for hydroxylation is 10. The fourth-order valence-electron chi connectivity index (χ4n) is 15.9. The van der Waals surface area contributed by atoms with Gasteiger partial charge in [-0.1, -0.05) is 238 Å². The Morgan fingerprint density at radius 3 is 0.531 bits per heavy atom. The topological polar surface area (TPSA) is 582 Å². The zero-order valence-corrected chi connectivity index (χ0v) is 80.6. The van der Waals surface area contributed by atoms with E-state index >= 15 is 0 Å². The van der Waals surface area contributed by atoms with Crippen LogP contribution in [0.2, 0.25) is 0 Å². The van der Waals surface area contributed by atoms with E-state index in [0.717, 1.165) is 89.1 Å². The van der Waals surface area contributed by atoms with Gasteiger partial charge in [0, 0.05) is 55.6 Å². The van der Waals surface area contributed by atoms with Gasteiger partial charge in [0.15, 0.2) is 29.1 Å². The van der Waals surface area contributed by atoms with E-state index in [4.69, 9.17) is 67.0 Å². The number of hydrogen-bond acceptors (Lipinski definition) is 28. The first-order valence-electron chi connectivity index (χ1n) is 44.7. The maximum absolute atomic E-state index is 12.8. The zero-order chi connectivity index (χ0) is 106. The third-order valence-electron chi connectivity index (χ3n) is 23.1. The molecule has 10 amide bonds. The second-order valence-electron chi connectivity index (χ2n) is 33.6. The number of nitrogens with zero attached hydrogens (tertiary/aromatic N) is 15. The molecule has 5 aromatic heterocycles. The number of aromatic nitrogens is 10. The number of nitrogens with two attached hydrogens (primary N) is 5. The van der Waals surface area contributed by atoms with Crippen molar-refractivity contribution in [2.24, 2.45) is 28.7 Å². The Morgan fingerprint density at radius 1 is 0.218 bits per heavy atom. The molecule has 0 radical (unpaired) electrons. The fourth-order valence-corrected chi connectivity index (χ4v) is 15.9. The Morgan fingerprint density at radius 2 is 0.367 bits per heavy atom. The summed E-state index contributed by atoms with van der Waals surface area (Å²) in [7, 11) is 0. The summed E-state index contributed by atoms with van der Waals surface area (Å²) in [5.41, 5.74) is 48.8. The van der Waals surface area contributed by atoms with Crippen molar-refractivity contribution in [3.63, 3.8) is 0 Å². The molecule has 0 fully saturated rings. The van der Waals surface area contributed by atoms with Gasteiger partial charge in [-0.15, -0.1) is 0 Å². The smallest absolute Gasteiger partial charge is 0.364 e. The van der Waals surface area contributed by atoms with Crippen molar-refractivity contribution in [3.05, 3.63) is 355 Å². The van der Waals surface area contributed by atoms with Gasteiger partial charge in [-0.25, -0.2) is 49.8 Å². The van der Waals surface area contributed by atoms with E-state index in [9.17, 15) is 47.9 Å². The molecule has 0 saturated carbocycles. The van der Waals surface area contributed by atoms with E-state index in [-0.39, 0.29) is 115 Å². The number of para-hydroxylation sites is 1. The first kappa shape index (κ1) is 106. The van der Waals surface area contributed by atoms with Crippen LogP contribution in [0.15, 0.2) is 243 Å². The van der Waals surface area contributed by atoms with E-state index in [1.807, 2.05) is 312 Å². The second-order valence-corrected chi connectivity index (χ2v) is 33.6. The second kappa shape index (κ2) is 47.2. The number of rotatable bonds is 15. The molecule has 5 aliphatic rings. The van der Waals surface area contributed by atoms with Crippen LogP contribution in [0.5, 0.6) is 0 Å². The van der Waals surface area contributed by atoms with Gasteiger partial charge in [-0.3, -0.25) is 72.4 Å². The van der Waals surface area contributed by atoms with Crippen LogP contribution in [0.25, 0.3) is 56.9 Å². The van der Waals surface area contributed by atoms with Crippen molar-refractivity contribution >= 4 is 141 Å². The predicted molar refractivity (Wildman–Crippen MR) is 534 cm³/mol. The number of carbonyl (C=O) groups excluding carboxylic acids is 18. The summed E-state index contributed by atoms with van der Waals surface area (Å²) in [4.78, 5) is 241. The van der Waals surface area contributed by atoms with Crippen LogP contribution in [0, 0.1) is 69.2 Å². The molecule has 38 heteroatoms. The number of fused-ring (bicyclic) bond motifs is 5. The summed E-state index contributed by atoms with van der Waals surface area (Å²) in [6.07, 6.45) is 1.26. The average Bonchev–Trinajstić information content (AvgIpc) is 1.57. The molecule has 147 heavy (non-hydrogen) atoms. The average molecular weight is 1970 g/mol. The van der Waals surface area contributed by atoms with Gasteiger partial charge in [0.25, 0.3) is 29.5 Å². The van der Waals surface area contributed by atoms with E-state index < -0.39 is 29.5 Å². The van der Waals surface area contributed by atoms with Gasteiger partial charge >= 0.3 is 24.6 Å². The highest BCUT2D eigenvalue weighted by Gasteiger charge is 2.41. The Hall–Kier alpha value is -20.2. The van der Waals surface area contributed by atoms with Gasteiger partial charge in [-0.2, -0.15) is 38.4 Å². The van der Waals surface area contributed by atoms with Crippen molar-refractivity contribution < 1.29 is 86.3 Å². The Kier molecular flexibility index (Phi) is 33.9. The van der Waals surface area contributed by atoms with Crippen LogP contribution in [0.1, 0.15) is 136 Å². The third kappa shape index (κ3) is 24.5. The number of anilines is 10. The van der Waals surface area contributed by atoms with Gasteiger partial charge in [0.05, 0.1) is 60.5 Å². The molecule has 10 heterocycles. The fraction of sp³-hybridized carbons (Fsp3) is 0.138. The summed E-state index contributed by atoms with van der Waals surface area (Å²) in [6.45, 7) is 19.8.